The third-order valence-corrected chi connectivity index (χ3v) is 4.15. The maximum atomic E-state index is 13.7. The van der Waals surface area contributed by atoms with E-state index < -0.39 is 23.4 Å². The van der Waals surface area contributed by atoms with E-state index in [1.165, 1.54) is 6.07 Å². The maximum Gasteiger partial charge on any atom is 0.412 e. The number of halogens is 1. The van der Waals surface area contributed by atoms with Crippen molar-refractivity contribution in [2.24, 2.45) is 0 Å². The Hall–Kier alpha value is -3.22. The summed E-state index contributed by atoms with van der Waals surface area (Å²) in [4.78, 5) is 36.6. The highest BCUT2D eigenvalue weighted by atomic mass is 19.1. The third kappa shape index (κ3) is 7.31. The molecule has 0 spiro atoms. The Balaban J connectivity index is 1.99. The molecule has 2 aromatic carbocycles. The molecule has 0 atom stereocenters. The van der Waals surface area contributed by atoms with Gasteiger partial charge in [-0.15, -0.1) is 0 Å². The Morgan fingerprint density at radius 2 is 1.60 bits per heavy atom. The van der Waals surface area contributed by atoms with Gasteiger partial charge in [-0.1, -0.05) is 31.2 Å². The van der Waals surface area contributed by atoms with Gasteiger partial charge < -0.3 is 10.1 Å². The Kier molecular flexibility index (Phi) is 7.69. The summed E-state index contributed by atoms with van der Waals surface area (Å²) < 4.78 is 18.8. The minimum atomic E-state index is -0.727. The standard InChI is InChI=1S/C23H27FN2O4/c1-5-15-6-8-16(9-7-15)20(27)12-13-21(28)25-19-14-17(24)10-11-18(19)26-22(29)30-23(2,3)4/h6-11,14H,5,12-13H2,1-4H3,(H,25,28)(H,26,29). The minimum Gasteiger partial charge on any atom is -0.444 e. The second kappa shape index (κ2) is 10.0. The van der Waals surface area contributed by atoms with Crippen molar-refractivity contribution in [3.05, 3.63) is 59.4 Å². The second-order valence-electron chi connectivity index (χ2n) is 7.84. The molecular weight excluding hydrogens is 387 g/mol. The fraction of sp³-hybridized carbons (Fsp3) is 0.348. The smallest absolute Gasteiger partial charge is 0.412 e. The van der Waals surface area contributed by atoms with Crippen molar-refractivity contribution in [1.29, 1.82) is 0 Å². The Labute approximate surface area is 175 Å². The number of aryl methyl sites for hydroxylation is 1. The quantitative estimate of drug-likeness (QED) is 0.599. The van der Waals surface area contributed by atoms with Crippen molar-refractivity contribution in [1.82, 2.24) is 0 Å². The van der Waals surface area contributed by atoms with Crippen LogP contribution in [0.4, 0.5) is 20.6 Å². The summed E-state index contributed by atoms with van der Waals surface area (Å²) in [5.41, 5.74) is 1.24. The number of carbonyl (C=O) groups excluding carboxylic acids is 3. The van der Waals surface area contributed by atoms with E-state index in [4.69, 9.17) is 4.74 Å². The molecule has 0 radical (unpaired) electrons. The number of carbonyl (C=O) groups is 3. The van der Waals surface area contributed by atoms with Crippen molar-refractivity contribution in [3.63, 3.8) is 0 Å². The van der Waals surface area contributed by atoms with Crippen LogP contribution in [0.5, 0.6) is 0 Å². The molecule has 2 rings (SSSR count). The summed E-state index contributed by atoms with van der Waals surface area (Å²) >= 11 is 0. The lowest BCUT2D eigenvalue weighted by molar-refractivity contribution is -0.116. The number of nitrogens with one attached hydrogen (secondary N) is 2. The minimum absolute atomic E-state index is 0.0153. The number of hydrogen-bond donors (Lipinski definition) is 2. The highest BCUT2D eigenvalue weighted by molar-refractivity contribution is 6.01. The van der Waals surface area contributed by atoms with E-state index in [0.29, 0.717) is 5.56 Å². The van der Waals surface area contributed by atoms with Crippen molar-refractivity contribution in [2.45, 2.75) is 52.6 Å². The molecule has 0 aromatic heterocycles. The molecular formula is C23H27FN2O4. The molecule has 2 amide bonds. The van der Waals surface area contributed by atoms with Crippen LogP contribution < -0.4 is 10.6 Å². The van der Waals surface area contributed by atoms with Gasteiger partial charge in [0.15, 0.2) is 5.78 Å². The predicted octanol–water partition coefficient (Wildman–Crippen LogP) is 5.34. The zero-order valence-corrected chi connectivity index (χ0v) is 17.7. The maximum absolute atomic E-state index is 13.7. The molecule has 0 bridgehead atoms. The zero-order valence-electron chi connectivity index (χ0n) is 17.7. The Morgan fingerprint density at radius 3 is 2.20 bits per heavy atom. The van der Waals surface area contributed by atoms with E-state index in [-0.39, 0.29) is 30.0 Å². The van der Waals surface area contributed by atoms with Crippen LogP contribution in [-0.2, 0) is 16.0 Å². The predicted molar refractivity (Wildman–Crippen MR) is 114 cm³/mol. The van der Waals surface area contributed by atoms with Crippen LogP contribution >= 0.6 is 0 Å². The molecule has 0 aliphatic rings. The van der Waals surface area contributed by atoms with Gasteiger partial charge in [0.2, 0.25) is 5.91 Å². The lowest BCUT2D eigenvalue weighted by Gasteiger charge is -2.20. The van der Waals surface area contributed by atoms with Gasteiger partial charge in [0.1, 0.15) is 11.4 Å². The van der Waals surface area contributed by atoms with E-state index in [0.717, 1.165) is 24.1 Å². The molecule has 6 nitrogen and oxygen atoms in total. The number of hydrogen-bond acceptors (Lipinski definition) is 4. The summed E-state index contributed by atoms with van der Waals surface area (Å²) in [5.74, 6) is -1.20. The summed E-state index contributed by atoms with van der Waals surface area (Å²) in [6, 6.07) is 10.8. The first-order chi connectivity index (χ1) is 14.1. The molecule has 0 unspecified atom stereocenters. The van der Waals surface area contributed by atoms with E-state index in [1.54, 1.807) is 32.9 Å². The Bertz CT molecular complexity index is 918. The summed E-state index contributed by atoms with van der Waals surface area (Å²) in [6.45, 7) is 7.17. The highest BCUT2D eigenvalue weighted by Gasteiger charge is 2.18. The van der Waals surface area contributed by atoms with Gasteiger partial charge >= 0.3 is 6.09 Å². The molecule has 0 saturated heterocycles. The molecule has 0 saturated carbocycles. The van der Waals surface area contributed by atoms with Crippen LogP contribution in [0.1, 0.15) is 56.5 Å². The SMILES string of the molecule is CCc1ccc(C(=O)CCC(=O)Nc2cc(F)ccc2NC(=O)OC(C)(C)C)cc1. The topological polar surface area (TPSA) is 84.5 Å². The van der Waals surface area contributed by atoms with Crippen molar-refractivity contribution < 1.29 is 23.5 Å². The third-order valence-electron chi connectivity index (χ3n) is 4.15. The van der Waals surface area contributed by atoms with Gasteiger partial charge in [-0.05, 0) is 51.0 Å². The molecule has 2 aromatic rings. The molecule has 160 valence electrons. The number of Topliss-reactive ketones (excluding diaryl/α,β-unsaturated/α-hetero) is 1. The van der Waals surface area contributed by atoms with E-state index in [9.17, 15) is 18.8 Å². The van der Waals surface area contributed by atoms with Crippen LogP contribution in [0.25, 0.3) is 0 Å². The number of rotatable bonds is 7. The van der Waals surface area contributed by atoms with Crippen LogP contribution in [0.15, 0.2) is 42.5 Å². The first-order valence-corrected chi connectivity index (χ1v) is 9.79. The first kappa shape index (κ1) is 23.1. The van der Waals surface area contributed by atoms with Crippen molar-refractivity contribution in [3.8, 4) is 0 Å². The summed E-state index contributed by atoms with van der Waals surface area (Å²) in [6.07, 6.45) is 0.0952. The average molecular weight is 414 g/mol. The fourth-order valence-electron chi connectivity index (χ4n) is 2.65. The van der Waals surface area contributed by atoms with Gasteiger partial charge in [0, 0.05) is 18.4 Å². The Morgan fingerprint density at radius 1 is 0.933 bits per heavy atom. The summed E-state index contributed by atoms with van der Waals surface area (Å²) in [5, 5.41) is 5.03. The molecule has 30 heavy (non-hydrogen) atoms. The first-order valence-electron chi connectivity index (χ1n) is 9.79. The number of benzene rings is 2. The summed E-state index contributed by atoms with van der Waals surface area (Å²) in [7, 11) is 0. The average Bonchev–Trinajstić information content (AvgIpc) is 2.67. The van der Waals surface area contributed by atoms with Gasteiger partial charge in [0.05, 0.1) is 11.4 Å². The monoisotopic (exact) mass is 414 g/mol. The molecule has 0 aliphatic heterocycles. The van der Waals surface area contributed by atoms with E-state index in [1.807, 2.05) is 19.1 Å². The lowest BCUT2D eigenvalue weighted by atomic mass is 10.0. The highest BCUT2D eigenvalue weighted by Crippen LogP contribution is 2.24. The van der Waals surface area contributed by atoms with E-state index in [2.05, 4.69) is 10.6 Å². The van der Waals surface area contributed by atoms with Crippen molar-refractivity contribution >= 4 is 29.2 Å². The molecule has 0 fully saturated rings. The number of ether oxygens (including phenoxy) is 1. The van der Waals surface area contributed by atoms with Gasteiger partial charge in [0.25, 0.3) is 0 Å². The number of amides is 2. The van der Waals surface area contributed by atoms with Gasteiger partial charge in [-0.2, -0.15) is 0 Å². The molecule has 0 aliphatic carbocycles. The largest absolute Gasteiger partial charge is 0.444 e. The van der Waals surface area contributed by atoms with Crippen LogP contribution in [0.2, 0.25) is 0 Å². The van der Waals surface area contributed by atoms with Crippen molar-refractivity contribution in [2.75, 3.05) is 10.6 Å². The van der Waals surface area contributed by atoms with Crippen LogP contribution in [0.3, 0.4) is 0 Å². The lowest BCUT2D eigenvalue weighted by Crippen LogP contribution is -2.27. The van der Waals surface area contributed by atoms with E-state index >= 15 is 0 Å². The molecule has 0 heterocycles. The fourth-order valence-corrected chi connectivity index (χ4v) is 2.65. The van der Waals surface area contributed by atoms with Crippen LogP contribution in [0, 0.1) is 5.82 Å². The second-order valence-corrected chi connectivity index (χ2v) is 7.84. The molecule has 2 N–H and O–H groups in total. The normalized spacial score (nSPS) is 11.0. The van der Waals surface area contributed by atoms with Crippen LogP contribution in [-0.4, -0.2) is 23.4 Å². The zero-order chi connectivity index (χ0) is 22.3. The molecule has 7 heteroatoms. The number of anilines is 2. The van der Waals surface area contributed by atoms with Gasteiger partial charge in [-0.25, -0.2) is 9.18 Å². The number of ketones is 1. The van der Waals surface area contributed by atoms with Gasteiger partial charge in [-0.3, -0.25) is 14.9 Å².